The topological polar surface area (TPSA) is 64.3 Å². The highest BCUT2D eigenvalue weighted by Crippen LogP contribution is 2.12. The van der Waals surface area contributed by atoms with Crippen LogP contribution in [0, 0.1) is 0 Å². The van der Waals surface area contributed by atoms with Crippen LogP contribution in [0.5, 0.6) is 5.75 Å². The van der Waals surface area contributed by atoms with E-state index in [1.54, 1.807) is 31.4 Å². The molecule has 82 valence electrons. The Balaban J connectivity index is 2.73. The normalized spacial score (nSPS) is 11.9. The fraction of sp³-hybridized carbons (Fsp3) is 0.364. The molecule has 0 aliphatic rings. The number of benzene rings is 1. The first-order valence-electron chi connectivity index (χ1n) is 4.82. The number of rotatable bonds is 4. The van der Waals surface area contributed by atoms with Gasteiger partial charge in [0.15, 0.2) is 0 Å². The highest BCUT2D eigenvalue weighted by Gasteiger charge is 2.08. The molecule has 0 unspecified atom stereocenters. The highest BCUT2D eigenvalue weighted by atomic mass is 16.5. The van der Waals surface area contributed by atoms with E-state index in [1.807, 2.05) is 6.92 Å². The Morgan fingerprint density at radius 2 is 2.33 bits per heavy atom. The van der Waals surface area contributed by atoms with Crippen molar-refractivity contribution < 1.29 is 9.53 Å². The summed E-state index contributed by atoms with van der Waals surface area (Å²) in [6, 6.07) is 6.98. The third-order valence-corrected chi connectivity index (χ3v) is 2.06. The molecule has 0 saturated heterocycles. The predicted molar refractivity (Wildman–Crippen MR) is 59.0 cm³/mol. The number of amides is 1. The van der Waals surface area contributed by atoms with Gasteiger partial charge in [0.05, 0.1) is 7.11 Å². The molecule has 0 radical (unpaired) electrons. The maximum atomic E-state index is 11.7. The van der Waals surface area contributed by atoms with Crippen molar-refractivity contribution in [2.75, 3.05) is 13.7 Å². The molecule has 0 aromatic heterocycles. The average molecular weight is 208 g/mol. The maximum Gasteiger partial charge on any atom is 0.251 e. The predicted octanol–water partition coefficient (Wildman–Crippen LogP) is 0.772. The van der Waals surface area contributed by atoms with Gasteiger partial charge in [0.25, 0.3) is 5.91 Å². The van der Waals surface area contributed by atoms with Gasteiger partial charge in [-0.2, -0.15) is 0 Å². The Morgan fingerprint density at radius 1 is 1.60 bits per heavy atom. The van der Waals surface area contributed by atoms with E-state index in [4.69, 9.17) is 10.5 Å². The fourth-order valence-corrected chi connectivity index (χ4v) is 1.13. The summed E-state index contributed by atoms with van der Waals surface area (Å²) in [6.45, 7) is 2.29. The van der Waals surface area contributed by atoms with Crippen molar-refractivity contribution >= 4 is 5.91 Å². The van der Waals surface area contributed by atoms with E-state index in [9.17, 15) is 4.79 Å². The molecule has 1 amide bonds. The van der Waals surface area contributed by atoms with Crippen molar-refractivity contribution in [2.24, 2.45) is 5.73 Å². The van der Waals surface area contributed by atoms with Gasteiger partial charge in [0.1, 0.15) is 5.75 Å². The van der Waals surface area contributed by atoms with Crippen LogP contribution in [0.25, 0.3) is 0 Å². The second-order valence-corrected chi connectivity index (χ2v) is 3.34. The van der Waals surface area contributed by atoms with E-state index in [0.29, 0.717) is 17.9 Å². The first-order valence-corrected chi connectivity index (χ1v) is 4.82. The molecule has 4 heteroatoms. The first kappa shape index (κ1) is 11.5. The number of carbonyl (C=O) groups excluding carboxylic acids is 1. The van der Waals surface area contributed by atoms with Crippen LogP contribution in [0.15, 0.2) is 24.3 Å². The van der Waals surface area contributed by atoms with E-state index < -0.39 is 0 Å². The Labute approximate surface area is 89.4 Å². The van der Waals surface area contributed by atoms with Crippen molar-refractivity contribution in [2.45, 2.75) is 13.0 Å². The summed E-state index contributed by atoms with van der Waals surface area (Å²) < 4.78 is 5.03. The van der Waals surface area contributed by atoms with Gasteiger partial charge in [0.2, 0.25) is 0 Å². The zero-order valence-electron chi connectivity index (χ0n) is 8.99. The number of hydrogen-bond donors (Lipinski definition) is 2. The third-order valence-electron chi connectivity index (χ3n) is 2.06. The van der Waals surface area contributed by atoms with Gasteiger partial charge >= 0.3 is 0 Å². The van der Waals surface area contributed by atoms with Crippen LogP contribution >= 0.6 is 0 Å². The molecule has 0 heterocycles. The molecule has 15 heavy (non-hydrogen) atoms. The zero-order valence-corrected chi connectivity index (χ0v) is 8.99. The third kappa shape index (κ3) is 3.25. The summed E-state index contributed by atoms with van der Waals surface area (Å²) in [6.07, 6.45) is 0. The van der Waals surface area contributed by atoms with Crippen molar-refractivity contribution in [1.29, 1.82) is 0 Å². The van der Waals surface area contributed by atoms with Crippen LogP contribution < -0.4 is 15.8 Å². The standard InChI is InChI=1S/C11H16N2O2/c1-8(7-12)13-11(14)9-4-3-5-10(6-9)15-2/h3-6,8H,7,12H2,1-2H3,(H,13,14)/t8-/m0/s1. The van der Waals surface area contributed by atoms with Crippen LogP contribution in [0.4, 0.5) is 0 Å². The molecule has 1 aromatic rings. The lowest BCUT2D eigenvalue weighted by molar-refractivity contribution is 0.0941. The Kier molecular flexibility index (Phi) is 4.12. The van der Waals surface area contributed by atoms with E-state index in [1.165, 1.54) is 0 Å². The van der Waals surface area contributed by atoms with E-state index >= 15 is 0 Å². The minimum absolute atomic E-state index is 0.0244. The Bertz CT molecular complexity index is 339. The number of methoxy groups -OCH3 is 1. The van der Waals surface area contributed by atoms with Crippen molar-refractivity contribution in [1.82, 2.24) is 5.32 Å². The second-order valence-electron chi connectivity index (χ2n) is 3.34. The van der Waals surface area contributed by atoms with Crippen LogP contribution in [0.3, 0.4) is 0 Å². The SMILES string of the molecule is COc1cccc(C(=O)N[C@@H](C)CN)c1. The molecule has 0 aliphatic heterocycles. The average Bonchev–Trinajstić information content (AvgIpc) is 2.28. The first-order chi connectivity index (χ1) is 7.17. The molecule has 0 spiro atoms. The van der Waals surface area contributed by atoms with Crippen molar-refractivity contribution in [3.8, 4) is 5.75 Å². The molecule has 1 atom stereocenters. The van der Waals surface area contributed by atoms with Gasteiger partial charge in [-0.05, 0) is 25.1 Å². The molecular weight excluding hydrogens is 192 g/mol. The summed E-state index contributed by atoms with van der Waals surface area (Å²) in [4.78, 5) is 11.7. The van der Waals surface area contributed by atoms with Crippen molar-refractivity contribution in [3.63, 3.8) is 0 Å². The highest BCUT2D eigenvalue weighted by molar-refractivity contribution is 5.94. The Morgan fingerprint density at radius 3 is 2.93 bits per heavy atom. The van der Waals surface area contributed by atoms with E-state index in [-0.39, 0.29) is 11.9 Å². The van der Waals surface area contributed by atoms with Gasteiger partial charge in [-0.15, -0.1) is 0 Å². The van der Waals surface area contributed by atoms with E-state index in [0.717, 1.165) is 0 Å². The lowest BCUT2D eigenvalue weighted by Gasteiger charge is -2.11. The van der Waals surface area contributed by atoms with Gasteiger partial charge < -0.3 is 15.8 Å². The minimum Gasteiger partial charge on any atom is -0.497 e. The van der Waals surface area contributed by atoms with Gasteiger partial charge in [0, 0.05) is 18.2 Å². The molecule has 0 bridgehead atoms. The molecule has 4 nitrogen and oxygen atoms in total. The van der Waals surface area contributed by atoms with E-state index in [2.05, 4.69) is 5.32 Å². The number of hydrogen-bond acceptors (Lipinski definition) is 3. The Hall–Kier alpha value is -1.55. The summed E-state index contributed by atoms with van der Waals surface area (Å²) in [5.41, 5.74) is 5.99. The lowest BCUT2D eigenvalue weighted by atomic mass is 10.2. The van der Waals surface area contributed by atoms with Gasteiger partial charge in [-0.1, -0.05) is 6.07 Å². The smallest absolute Gasteiger partial charge is 0.251 e. The molecule has 0 fully saturated rings. The second kappa shape index (κ2) is 5.36. The van der Waals surface area contributed by atoms with Crippen LogP contribution in [-0.4, -0.2) is 25.6 Å². The van der Waals surface area contributed by atoms with Crippen LogP contribution in [0.1, 0.15) is 17.3 Å². The maximum absolute atomic E-state index is 11.7. The molecular formula is C11H16N2O2. The molecule has 0 saturated carbocycles. The van der Waals surface area contributed by atoms with Gasteiger partial charge in [-0.3, -0.25) is 4.79 Å². The summed E-state index contributed by atoms with van der Waals surface area (Å²) in [5.74, 6) is 0.537. The summed E-state index contributed by atoms with van der Waals surface area (Å²) >= 11 is 0. The summed E-state index contributed by atoms with van der Waals surface area (Å²) in [5, 5.41) is 2.78. The van der Waals surface area contributed by atoms with Crippen LogP contribution in [-0.2, 0) is 0 Å². The van der Waals surface area contributed by atoms with Gasteiger partial charge in [-0.25, -0.2) is 0 Å². The summed E-state index contributed by atoms with van der Waals surface area (Å²) in [7, 11) is 1.57. The molecule has 1 aromatic carbocycles. The molecule has 3 N–H and O–H groups in total. The molecule has 1 rings (SSSR count). The fourth-order valence-electron chi connectivity index (χ4n) is 1.13. The quantitative estimate of drug-likeness (QED) is 0.768. The zero-order chi connectivity index (χ0) is 11.3. The number of ether oxygens (including phenoxy) is 1. The lowest BCUT2D eigenvalue weighted by Crippen LogP contribution is -2.37. The minimum atomic E-state index is -0.133. The van der Waals surface area contributed by atoms with Crippen molar-refractivity contribution in [3.05, 3.63) is 29.8 Å². The molecule has 0 aliphatic carbocycles. The largest absolute Gasteiger partial charge is 0.497 e. The number of nitrogens with two attached hydrogens (primary N) is 1. The van der Waals surface area contributed by atoms with Crippen LogP contribution in [0.2, 0.25) is 0 Å². The number of carbonyl (C=O) groups is 1. The monoisotopic (exact) mass is 208 g/mol. The number of nitrogens with one attached hydrogen (secondary N) is 1.